The second-order valence-corrected chi connectivity index (χ2v) is 14.3. The van der Waals surface area contributed by atoms with Crippen LogP contribution in [0, 0.1) is 20.8 Å². The lowest BCUT2D eigenvalue weighted by Crippen LogP contribution is -2.64. The van der Waals surface area contributed by atoms with Gasteiger partial charge in [0.15, 0.2) is 0 Å². The van der Waals surface area contributed by atoms with E-state index in [1.165, 1.54) is 92.4 Å². The number of benzene rings is 3. The summed E-state index contributed by atoms with van der Waals surface area (Å²) in [5.41, 5.74) is 17.9. The van der Waals surface area contributed by atoms with E-state index >= 15 is 0 Å². The van der Waals surface area contributed by atoms with E-state index in [2.05, 4.69) is 107 Å². The number of aromatic nitrogens is 1. The third-order valence-corrected chi connectivity index (χ3v) is 11.3. The van der Waals surface area contributed by atoms with Crippen molar-refractivity contribution in [1.82, 2.24) is 4.57 Å². The molecule has 0 spiro atoms. The molecule has 0 saturated heterocycles. The molecule has 1 fully saturated rings. The van der Waals surface area contributed by atoms with Gasteiger partial charge in [0, 0.05) is 39.1 Å². The Bertz CT molecular complexity index is 1730. The Morgan fingerprint density at radius 2 is 1.61 bits per heavy atom. The summed E-state index contributed by atoms with van der Waals surface area (Å²) in [5.74, 6) is 0. The minimum Gasteiger partial charge on any atom is -0.335 e. The maximum absolute atomic E-state index is 2.85. The van der Waals surface area contributed by atoms with Gasteiger partial charge in [0.2, 0.25) is 0 Å². The van der Waals surface area contributed by atoms with Crippen LogP contribution in [0.1, 0.15) is 88.2 Å². The first-order chi connectivity index (χ1) is 18.0. The lowest BCUT2D eigenvalue weighted by molar-refractivity contribution is 0.195. The average Bonchev–Trinajstić information content (AvgIpc) is 3.25. The van der Waals surface area contributed by atoms with Crippen LogP contribution in [0.25, 0.3) is 16.6 Å². The molecule has 0 amide bonds. The fourth-order valence-electron chi connectivity index (χ4n) is 8.97. The first-order valence-electron chi connectivity index (χ1n) is 14.7. The highest BCUT2D eigenvalue weighted by Crippen LogP contribution is 2.61. The number of anilines is 2. The second kappa shape index (κ2) is 6.79. The summed E-state index contributed by atoms with van der Waals surface area (Å²) in [4.78, 5) is 2.85. The summed E-state index contributed by atoms with van der Waals surface area (Å²) >= 11 is 0. The summed E-state index contributed by atoms with van der Waals surface area (Å²) in [6, 6.07) is 17.3. The van der Waals surface area contributed by atoms with Crippen molar-refractivity contribution >= 4 is 45.4 Å². The molecule has 3 aromatic carbocycles. The van der Waals surface area contributed by atoms with Crippen LogP contribution in [0.4, 0.5) is 11.4 Å². The highest BCUT2D eigenvalue weighted by atomic mass is 15.3. The average molecular weight is 499 g/mol. The van der Waals surface area contributed by atoms with E-state index in [0.29, 0.717) is 0 Å². The molecule has 2 unspecified atom stereocenters. The van der Waals surface area contributed by atoms with Crippen LogP contribution in [0.2, 0.25) is 0 Å². The minimum atomic E-state index is 0.0826. The Morgan fingerprint density at radius 3 is 2.37 bits per heavy atom. The summed E-state index contributed by atoms with van der Waals surface area (Å²) in [5, 5.41) is 1.41. The Hall–Kier alpha value is -2.94. The number of hydrogen-bond acceptors (Lipinski definition) is 1. The normalized spacial score (nSPS) is 24.5. The van der Waals surface area contributed by atoms with Crippen molar-refractivity contribution in [1.29, 1.82) is 0 Å². The number of hydrogen-bond donors (Lipinski definition) is 0. The summed E-state index contributed by atoms with van der Waals surface area (Å²) in [6.07, 6.45) is 5.16. The molecule has 38 heavy (non-hydrogen) atoms. The van der Waals surface area contributed by atoms with Crippen molar-refractivity contribution in [3.63, 3.8) is 0 Å². The molecule has 3 aliphatic heterocycles. The maximum Gasteiger partial charge on any atom is 0.252 e. The molecule has 0 radical (unpaired) electrons. The molecule has 4 aromatic rings. The van der Waals surface area contributed by atoms with Gasteiger partial charge in [-0.15, -0.1) is 0 Å². The predicted octanol–water partition coefficient (Wildman–Crippen LogP) is 6.74. The summed E-state index contributed by atoms with van der Waals surface area (Å²) < 4.78 is 2.60. The molecule has 2 nitrogen and oxygen atoms in total. The van der Waals surface area contributed by atoms with Gasteiger partial charge in [0.05, 0.1) is 5.54 Å². The number of aryl methyl sites for hydroxylation is 2. The Balaban J connectivity index is 1.59. The zero-order chi connectivity index (χ0) is 26.5. The van der Waals surface area contributed by atoms with Crippen molar-refractivity contribution in [3.05, 3.63) is 70.4 Å². The molecule has 2 atom stereocenters. The van der Waals surface area contributed by atoms with Gasteiger partial charge < -0.3 is 9.47 Å². The lowest BCUT2D eigenvalue weighted by atomic mass is 9.33. The van der Waals surface area contributed by atoms with E-state index in [9.17, 15) is 0 Å². The SMILES string of the molecule is Cc1cc2c3c(c1)-n1c(C)c(C)c4cccc(c41)B3c1cc(C(C)(C)C)cc3c1N2C1(C)CCCCC31C. The highest BCUT2D eigenvalue weighted by molar-refractivity contribution is 7.00. The molecule has 4 heterocycles. The van der Waals surface area contributed by atoms with Crippen LogP contribution in [0.3, 0.4) is 0 Å². The fraction of sp³-hybridized carbons (Fsp3) is 0.429. The first kappa shape index (κ1) is 23.0. The van der Waals surface area contributed by atoms with Crippen molar-refractivity contribution in [3.8, 4) is 5.69 Å². The highest BCUT2D eigenvalue weighted by Gasteiger charge is 2.61. The maximum atomic E-state index is 2.85. The van der Waals surface area contributed by atoms with Crippen LogP contribution in [0.5, 0.6) is 0 Å². The van der Waals surface area contributed by atoms with Crippen LogP contribution in [0.15, 0.2) is 42.5 Å². The standard InChI is InChI=1S/C35H39BN2/c1-20-16-28-30-29(17-20)38-32-25(34(7)14-9-10-15-35(34,38)8)18-23(33(4,5)6)19-27(32)36(30)26-13-11-12-24-21(2)22(3)37(28)31(24)26/h11-13,16-19H,9-10,14-15H2,1-8H3. The number of rotatable bonds is 0. The van der Waals surface area contributed by atoms with Crippen LogP contribution >= 0.6 is 0 Å². The molecule has 192 valence electrons. The molecular formula is C35H39BN2. The van der Waals surface area contributed by atoms with Crippen molar-refractivity contribution in [2.45, 2.75) is 97.4 Å². The second-order valence-electron chi connectivity index (χ2n) is 14.3. The molecule has 1 aromatic heterocycles. The van der Waals surface area contributed by atoms with Crippen LogP contribution < -0.4 is 21.3 Å². The Kier molecular flexibility index (Phi) is 4.11. The third-order valence-electron chi connectivity index (χ3n) is 11.3. The van der Waals surface area contributed by atoms with Gasteiger partial charge in [-0.25, -0.2) is 0 Å². The van der Waals surface area contributed by atoms with Crippen LogP contribution in [-0.4, -0.2) is 16.8 Å². The van der Waals surface area contributed by atoms with Gasteiger partial charge in [0.1, 0.15) is 0 Å². The van der Waals surface area contributed by atoms with E-state index in [4.69, 9.17) is 0 Å². The lowest BCUT2D eigenvalue weighted by Gasteiger charge is -2.52. The van der Waals surface area contributed by atoms with Crippen molar-refractivity contribution in [2.24, 2.45) is 0 Å². The molecule has 1 aliphatic carbocycles. The van der Waals surface area contributed by atoms with Crippen LogP contribution in [-0.2, 0) is 10.8 Å². The number of fused-ring (bicyclic) bond motifs is 7. The summed E-state index contributed by atoms with van der Waals surface area (Å²) in [6.45, 7) is 19.5. The molecular weight excluding hydrogens is 459 g/mol. The zero-order valence-corrected chi connectivity index (χ0v) is 24.3. The smallest absolute Gasteiger partial charge is 0.252 e. The molecule has 1 saturated carbocycles. The molecule has 8 rings (SSSR count). The van der Waals surface area contributed by atoms with E-state index in [-0.39, 0.29) is 23.1 Å². The summed E-state index contributed by atoms with van der Waals surface area (Å²) in [7, 11) is 0. The molecule has 4 aliphatic rings. The Morgan fingerprint density at radius 1 is 0.868 bits per heavy atom. The quantitative estimate of drug-likeness (QED) is 0.215. The van der Waals surface area contributed by atoms with Crippen molar-refractivity contribution < 1.29 is 0 Å². The van der Waals surface area contributed by atoms with Gasteiger partial charge in [-0.2, -0.15) is 0 Å². The number of para-hydroxylation sites is 1. The van der Waals surface area contributed by atoms with Crippen molar-refractivity contribution in [2.75, 3.05) is 4.90 Å². The van der Waals surface area contributed by atoms with Gasteiger partial charge >= 0.3 is 0 Å². The van der Waals surface area contributed by atoms with Gasteiger partial charge in [-0.1, -0.05) is 70.9 Å². The molecule has 0 N–H and O–H groups in total. The van der Waals surface area contributed by atoms with E-state index < -0.39 is 0 Å². The fourth-order valence-corrected chi connectivity index (χ4v) is 8.97. The predicted molar refractivity (Wildman–Crippen MR) is 164 cm³/mol. The molecule has 0 bridgehead atoms. The monoisotopic (exact) mass is 498 g/mol. The Labute approximate surface area is 228 Å². The van der Waals surface area contributed by atoms with Gasteiger partial charge in [-0.3, -0.25) is 0 Å². The third kappa shape index (κ3) is 2.40. The number of nitrogens with zero attached hydrogens (tertiary/aromatic N) is 2. The largest absolute Gasteiger partial charge is 0.335 e. The first-order valence-corrected chi connectivity index (χ1v) is 14.7. The minimum absolute atomic E-state index is 0.0826. The van der Waals surface area contributed by atoms with E-state index in [1.807, 2.05) is 0 Å². The van der Waals surface area contributed by atoms with E-state index in [0.717, 1.165) is 0 Å². The topological polar surface area (TPSA) is 8.17 Å². The molecule has 3 heteroatoms. The van der Waals surface area contributed by atoms with E-state index in [1.54, 1.807) is 5.56 Å². The zero-order valence-electron chi connectivity index (χ0n) is 24.3. The van der Waals surface area contributed by atoms with Gasteiger partial charge in [0.25, 0.3) is 6.71 Å². The van der Waals surface area contributed by atoms with Gasteiger partial charge in [-0.05, 0) is 96.7 Å².